The van der Waals surface area contributed by atoms with Crippen molar-refractivity contribution in [2.45, 2.75) is 26.6 Å². The normalized spacial score (nSPS) is 12.1. The molecule has 1 amide bonds. The van der Waals surface area contributed by atoms with Crippen LogP contribution >= 0.6 is 22.9 Å². The minimum atomic E-state index is -0.560. The highest BCUT2D eigenvalue weighted by Gasteiger charge is 2.13. The summed E-state index contributed by atoms with van der Waals surface area (Å²) in [6, 6.07) is 4.71. The van der Waals surface area contributed by atoms with Crippen LogP contribution in [0.15, 0.2) is 23.6 Å². The van der Waals surface area contributed by atoms with Crippen LogP contribution in [0.4, 0.5) is 0 Å². The van der Waals surface area contributed by atoms with Crippen molar-refractivity contribution in [1.29, 1.82) is 0 Å². The minimum absolute atomic E-state index is 0.0453. The van der Waals surface area contributed by atoms with Gasteiger partial charge in [-0.25, -0.2) is 4.98 Å². The summed E-state index contributed by atoms with van der Waals surface area (Å²) < 4.78 is 11.1. The second kappa shape index (κ2) is 7.58. The number of ether oxygens (including phenoxy) is 2. The lowest BCUT2D eigenvalue weighted by Gasteiger charge is -2.09. The van der Waals surface area contributed by atoms with Gasteiger partial charge in [-0.2, -0.15) is 0 Å². The number of aromatic nitrogens is 1. The van der Waals surface area contributed by atoms with Gasteiger partial charge in [0.25, 0.3) is 5.91 Å². The van der Waals surface area contributed by atoms with Gasteiger partial charge in [0.2, 0.25) is 0 Å². The Morgan fingerprint density at radius 2 is 2.27 bits per heavy atom. The van der Waals surface area contributed by atoms with Gasteiger partial charge in [0.1, 0.15) is 23.5 Å². The molecule has 2 rings (SSSR count). The fourth-order valence-corrected chi connectivity index (χ4v) is 2.84. The lowest BCUT2D eigenvalue weighted by Crippen LogP contribution is -2.13. The fourth-order valence-electron chi connectivity index (χ4n) is 1.87. The van der Waals surface area contributed by atoms with Crippen molar-refractivity contribution in [2.24, 2.45) is 5.73 Å². The van der Waals surface area contributed by atoms with Crippen LogP contribution in [0.5, 0.6) is 5.75 Å². The molecular weight excluding hydrogens is 324 g/mol. The zero-order valence-electron chi connectivity index (χ0n) is 12.3. The summed E-state index contributed by atoms with van der Waals surface area (Å²) in [5.74, 6) is -0.206. The van der Waals surface area contributed by atoms with E-state index in [1.54, 1.807) is 18.2 Å². The maximum absolute atomic E-state index is 11.4. The lowest BCUT2D eigenvalue weighted by molar-refractivity contribution is 0.0760. The number of carbonyl (C=O) groups is 1. The van der Waals surface area contributed by atoms with E-state index in [4.69, 9.17) is 26.8 Å². The zero-order valence-corrected chi connectivity index (χ0v) is 13.9. The van der Waals surface area contributed by atoms with Crippen LogP contribution in [0, 0.1) is 0 Å². The molecule has 0 saturated heterocycles. The van der Waals surface area contributed by atoms with Crippen molar-refractivity contribution < 1.29 is 14.3 Å². The first-order valence-corrected chi connectivity index (χ1v) is 8.05. The average Bonchev–Trinajstić information content (AvgIpc) is 2.94. The van der Waals surface area contributed by atoms with Gasteiger partial charge in [-0.3, -0.25) is 4.79 Å². The van der Waals surface area contributed by atoms with Crippen LogP contribution in [-0.4, -0.2) is 17.5 Å². The minimum Gasteiger partial charge on any atom is -0.486 e. The first kappa shape index (κ1) is 16.7. The van der Waals surface area contributed by atoms with E-state index in [-0.39, 0.29) is 12.7 Å². The molecule has 0 bridgehead atoms. The first-order chi connectivity index (χ1) is 10.5. The molecule has 0 aliphatic carbocycles. The molecule has 1 heterocycles. The van der Waals surface area contributed by atoms with Crippen LogP contribution in [0.1, 0.15) is 41.0 Å². The number of benzene rings is 1. The van der Waals surface area contributed by atoms with Gasteiger partial charge in [0, 0.05) is 17.0 Å². The van der Waals surface area contributed by atoms with Crippen LogP contribution in [0.3, 0.4) is 0 Å². The van der Waals surface area contributed by atoms with Crippen molar-refractivity contribution in [3.8, 4) is 5.75 Å². The van der Waals surface area contributed by atoms with E-state index in [9.17, 15) is 4.79 Å². The van der Waals surface area contributed by atoms with Crippen LogP contribution in [0.25, 0.3) is 0 Å². The molecule has 2 aromatic rings. The van der Waals surface area contributed by atoms with E-state index < -0.39 is 5.91 Å². The molecule has 0 fully saturated rings. The van der Waals surface area contributed by atoms with Gasteiger partial charge in [-0.1, -0.05) is 11.6 Å². The van der Waals surface area contributed by atoms with Crippen molar-refractivity contribution in [1.82, 2.24) is 4.98 Å². The number of hydrogen-bond acceptors (Lipinski definition) is 5. The molecule has 0 aliphatic heterocycles. The van der Waals surface area contributed by atoms with Crippen molar-refractivity contribution in [2.75, 3.05) is 6.61 Å². The van der Waals surface area contributed by atoms with E-state index in [0.29, 0.717) is 22.9 Å². The first-order valence-electron chi connectivity index (χ1n) is 6.79. The molecule has 118 valence electrons. The Hall–Kier alpha value is -1.63. The van der Waals surface area contributed by atoms with Gasteiger partial charge in [0.05, 0.1) is 11.3 Å². The molecule has 0 aliphatic rings. The predicted octanol–water partition coefficient (Wildman–Crippen LogP) is 3.57. The smallest absolute Gasteiger partial charge is 0.252 e. The highest BCUT2D eigenvalue weighted by molar-refractivity contribution is 7.09. The maximum atomic E-state index is 11.4. The molecule has 0 spiro atoms. The number of thiazole rings is 1. The SMILES string of the molecule is CCOC(C)c1nc(COc2cc(Cl)ccc2C(N)=O)cs1. The molecule has 7 heteroatoms. The molecule has 1 aromatic carbocycles. The van der Waals surface area contributed by atoms with E-state index in [1.165, 1.54) is 11.3 Å². The molecule has 1 atom stereocenters. The summed E-state index contributed by atoms with van der Waals surface area (Å²) in [7, 11) is 0. The molecule has 0 radical (unpaired) electrons. The summed E-state index contributed by atoms with van der Waals surface area (Å²) in [6.07, 6.45) is -0.0453. The summed E-state index contributed by atoms with van der Waals surface area (Å²) in [5, 5.41) is 3.27. The van der Waals surface area contributed by atoms with Crippen molar-refractivity contribution in [3.05, 3.63) is 44.9 Å². The molecule has 0 saturated carbocycles. The molecule has 1 aromatic heterocycles. The summed E-state index contributed by atoms with van der Waals surface area (Å²) in [6.45, 7) is 4.76. The van der Waals surface area contributed by atoms with Gasteiger partial charge in [-0.05, 0) is 32.0 Å². The standard InChI is InChI=1S/C15H17ClN2O3S/c1-3-20-9(2)15-18-11(8-22-15)7-21-13-6-10(16)4-5-12(13)14(17)19/h4-6,8-9H,3,7H2,1-2H3,(H2,17,19). The topological polar surface area (TPSA) is 74.4 Å². The largest absolute Gasteiger partial charge is 0.486 e. The predicted molar refractivity (Wildman–Crippen MR) is 86.5 cm³/mol. The molecule has 5 nitrogen and oxygen atoms in total. The van der Waals surface area contributed by atoms with Gasteiger partial charge in [0.15, 0.2) is 0 Å². The third kappa shape index (κ3) is 4.19. The number of carbonyl (C=O) groups excluding carboxylic acids is 1. The number of halogens is 1. The Kier molecular flexibility index (Phi) is 5.76. The molecule has 22 heavy (non-hydrogen) atoms. The number of nitrogens with zero attached hydrogens (tertiary/aromatic N) is 1. The Balaban J connectivity index is 2.07. The molecular formula is C15H17ClN2O3S. The Bertz CT molecular complexity index is 660. The van der Waals surface area contributed by atoms with E-state index in [1.807, 2.05) is 19.2 Å². The second-order valence-corrected chi connectivity index (χ2v) is 5.89. The third-order valence-electron chi connectivity index (χ3n) is 2.92. The van der Waals surface area contributed by atoms with Crippen molar-refractivity contribution in [3.63, 3.8) is 0 Å². The number of hydrogen-bond donors (Lipinski definition) is 1. The van der Waals surface area contributed by atoms with Gasteiger partial charge >= 0.3 is 0 Å². The number of primary amides is 1. The van der Waals surface area contributed by atoms with E-state index in [0.717, 1.165) is 10.7 Å². The van der Waals surface area contributed by atoms with E-state index in [2.05, 4.69) is 4.98 Å². The van der Waals surface area contributed by atoms with Gasteiger partial charge in [-0.15, -0.1) is 11.3 Å². The monoisotopic (exact) mass is 340 g/mol. The number of amides is 1. The second-order valence-electron chi connectivity index (χ2n) is 4.57. The highest BCUT2D eigenvalue weighted by Crippen LogP contribution is 2.25. The zero-order chi connectivity index (χ0) is 16.1. The highest BCUT2D eigenvalue weighted by atomic mass is 35.5. The molecule has 2 N–H and O–H groups in total. The summed E-state index contributed by atoms with van der Waals surface area (Å²) >= 11 is 7.43. The average molecular weight is 341 g/mol. The van der Waals surface area contributed by atoms with Crippen LogP contribution in [0.2, 0.25) is 5.02 Å². The lowest BCUT2D eigenvalue weighted by atomic mass is 10.2. The van der Waals surface area contributed by atoms with E-state index >= 15 is 0 Å². The third-order valence-corrected chi connectivity index (χ3v) is 4.21. The van der Waals surface area contributed by atoms with Crippen LogP contribution in [-0.2, 0) is 11.3 Å². The Morgan fingerprint density at radius 1 is 1.50 bits per heavy atom. The maximum Gasteiger partial charge on any atom is 0.252 e. The summed E-state index contributed by atoms with van der Waals surface area (Å²) in [5.41, 5.74) is 6.38. The van der Waals surface area contributed by atoms with Gasteiger partial charge < -0.3 is 15.2 Å². The fraction of sp³-hybridized carbons (Fsp3) is 0.333. The number of nitrogens with two attached hydrogens (primary N) is 1. The summed E-state index contributed by atoms with van der Waals surface area (Å²) in [4.78, 5) is 15.8. The Morgan fingerprint density at radius 3 is 2.95 bits per heavy atom. The molecule has 1 unspecified atom stereocenters. The van der Waals surface area contributed by atoms with Crippen molar-refractivity contribution >= 4 is 28.8 Å². The Labute approximate surface area is 138 Å². The van der Waals surface area contributed by atoms with Crippen LogP contribution < -0.4 is 10.5 Å². The number of rotatable bonds is 7. The quantitative estimate of drug-likeness (QED) is 0.836.